The number of thiazole rings is 1. The molecule has 7 heteroatoms. The fraction of sp³-hybridized carbons (Fsp3) is 0.591. The topological polar surface area (TPSA) is 87.5 Å². The van der Waals surface area contributed by atoms with Crippen LogP contribution in [0.3, 0.4) is 0 Å². The van der Waals surface area contributed by atoms with E-state index >= 15 is 0 Å². The number of aliphatic hydroxyl groups is 1. The summed E-state index contributed by atoms with van der Waals surface area (Å²) in [5.41, 5.74) is 0.605. The van der Waals surface area contributed by atoms with Gasteiger partial charge in [-0.2, -0.15) is 0 Å². The van der Waals surface area contributed by atoms with Gasteiger partial charge in [0.05, 0.1) is 5.60 Å². The monoisotopic (exact) mass is 437 g/mol. The van der Waals surface area contributed by atoms with E-state index in [9.17, 15) is 14.7 Å². The highest BCUT2D eigenvalue weighted by Crippen LogP contribution is 2.35. The zero-order chi connectivity index (χ0) is 21.4. The van der Waals surface area contributed by atoms with Crippen molar-refractivity contribution < 1.29 is 19.8 Å². The number of allylic oxidation sites excluding steroid dienone is 3. The van der Waals surface area contributed by atoms with Crippen LogP contribution < -0.4 is 0 Å². The maximum absolute atomic E-state index is 12.3. The SMILES string of the molecule is CC(C)=CCCC(C)(O)CC=C[C@H]1CCC(=O)[C@@H]1CCSc1nc(C(=O)O)cs1. The highest BCUT2D eigenvalue weighted by atomic mass is 32.2. The number of carbonyl (C=O) groups excluding carboxylic acids is 1. The second-order valence-corrected chi connectivity index (χ2v) is 10.4. The molecule has 0 aliphatic heterocycles. The Kier molecular flexibility index (Phi) is 9.11. The van der Waals surface area contributed by atoms with Crippen molar-refractivity contribution in [1.29, 1.82) is 0 Å². The van der Waals surface area contributed by atoms with Gasteiger partial charge < -0.3 is 10.2 Å². The van der Waals surface area contributed by atoms with Crippen LogP contribution in [-0.2, 0) is 4.79 Å². The van der Waals surface area contributed by atoms with Crippen molar-refractivity contribution in [2.45, 2.75) is 69.2 Å². The third-order valence-electron chi connectivity index (χ3n) is 5.19. The van der Waals surface area contributed by atoms with Gasteiger partial charge in [-0.3, -0.25) is 4.79 Å². The van der Waals surface area contributed by atoms with E-state index in [-0.39, 0.29) is 17.5 Å². The molecule has 0 saturated heterocycles. The Morgan fingerprint density at radius 2 is 2.21 bits per heavy atom. The predicted molar refractivity (Wildman–Crippen MR) is 119 cm³/mol. The molecule has 1 heterocycles. The summed E-state index contributed by atoms with van der Waals surface area (Å²) in [7, 11) is 0. The first kappa shape index (κ1) is 23.8. The normalized spacial score (nSPS) is 21.4. The molecule has 1 aliphatic carbocycles. The Balaban J connectivity index is 1.81. The first-order chi connectivity index (χ1) is 13.7. The minimum atomic E-state index is -1.01. The van der Waals surface area contributed by atoms with Crippen molar-refractivity contribution in [2.24, 2.45) is 11.8 Å². The second-order valence-electron chi connectivity index (χ2n) is 8.17. The van der Waals surface area contributed by atoms with Crippen LogP contribution in [0, 0.1) is 11.8 Å². The standard InChI is InChI=1S/C22H31NO4S2/c1-15(2)6-4-11-22(3,27)12-5-7-16-8-9-19(24)17(16)10-13-28-21-23-18(14-29-21)20(25)26/h5-7,14,16-17,27H,4,8-13H2,1-3H3,(H,25,26)/t16-,17+,22?/m0/s1. The summed E-state index contributed by atoms with van der Waals surface area (Å²) in [5.74, 6) is 0.270. The molecule has 1 saturated carbocycles. The molecular weight excluding hydrogens is 406 g/mol. The van der Waals surface area contributed by atoms with Crippen molar-refractivity contribution in [1.82, 2.24) is 4.98 Å². The van der Waals surface area contributed by atoms with Crippen LogP contribution in [0.1, 0.15) is 69.8 Å². The Morgan fingerprint density at radius 1 is 1.45 bits per heavy atom. The lowest BCUT2D eigenvalue weighted by atomic mass is 9.90. The molecule has 0 amide bonds. The molecule has 5 nitrogen and oxygen atoms in total. The van der Waals surface area contributed by atoms with Gasteiger partial charge in [0.15, 0.2) is 10.0 Å². The molecule has 160 valence electrons. The molecule has 1 aromatic rings. The van der Waals surface area contributed by atoms with Crippen molar-refractivity contribution in [3.8, 4) is 0 Å². The largest absolute Gasteiger partial charge is 0.476 e. The number of hydrogen-bond donors (Lipinski definition) is 2. The van der Waals surface area contributed by atoms with E-state index in [2.05, 4.69) is 31.0 Å². The average molecular weight is 438 g/mol. The lowest BCUT2D eigenvalue weighted by molar-refractivity contribution is -0.121. The van der Waals surface area contributed by atoms with Gasteiger partial charge in [-0.25, -0.2) is 9.78 Å². The van der Waals surface area contributed by atoms with E-state index in [1.807, 2.05) is 13.0 Å². The number of hydrogen-bond acceptors (Lipinski definition) is 6. The maximum atomic E-state index is 12.3. The Morgan fingerprint density at radius 3 is 2.86 bits per heavy atom. The lowest BCUT2D eigenvalue weighted by Gasteiger charge is -2.21. The molecule has 2 rings (SSSR count). The van der Waals surface area contributed by atoms with Gasteiger partial charge in [-0.05, 0) is 58.8 Å². The van der Waals surface area contributed by atoms with E-state index in [4.69, 9.17) is 5.11 Å². The summed E-state index contributed by atoms with van der Waals surface area (Å²) in [5, 5.41) is 21.0. The molecule has 1 unspecified atom stereocenters. The molecule has 0 bridgehead atoms. The first-order valence-electron chi connectivity index (χ1n) is 10.0. The molecule has 1 aliphatic rings. The van der Waals surface area contributed by atoms with Crippen molar-refractivity contribution >= 4 is 34.9 Å². The van der Waals surface area contributed by atoms with Crippen LogP contribution in [0.2, 0.25) is 0 Å². The van der Waals surface area contributed by atoms with Gasteiger partial charge in [-0.1, -0.05) is 35.6 Å². The highest BCUT2D eigenvalue weighted by molar-refractivity contribution is 8.01. The summed E-state index contributed by atoms with van der Waals surface area (Å²) in [6.45, 7) is 5.98. The summed E-state index contributed by atoms with van der Waals surface area (Å²) < 4.78 is 0.729. The van der Waals surface area contributed by atoms with Gasteiger partial charge in [0.25, 0.3) is 0 Å². The zero-order valence-corrected chi connectivity index (χ0v) is 19.0. The number of nitrogens with zero attached hydrogens (tertiary/aromatic N) is 1. The number of Topliss-reactive ketones (excluding diaryl/α,β-unsaturated/α-hetero) is 1. The van der Waals surface area contributed by atoms with Gasteiger partial charge in [0, 0.05) is 23.5 Å². The van der Waals surface area contributed by atoms with Crippen LogP contribution in [-0.4, -0.2) is 38.3 Å². The number of aromatic carboxylic acids is 1. The zero-order valence-electron chi connectivity index (χ0n) is 17.4. The lowest BCUT2D eigenvalue weighted by Crippen LogP contribution is -2.22. The Bertz CT molecular complexity index is 763. The number of rotatable bonds is 11. The van der Waals surface area contributed by atoms with E-state index in [1.54, 1.807) is 5.38 Å². The second kappa shape index (κ2) is 11.1. The smallest absolute Gasteiger partial charge is 0.355 e. The van der Waals surface area contributed by atoms with Gasteiger partial charge in [-0.15, -0.1) is 11.3 Å². The van der Waals surface area contributed by atoms with Gasteiger partial charge >= 0.3 is 5.97 Å². The molecular formula is C22H31NO4S2. The molecule has 3 atom stereocenters. The third kappa shape index (κ3) is 8.07. The molecule has 0 spiro atoms. The predicted octanol–water partition coefficient (Wildman–Crippen LogP) is 5.36. The summed E-state index contributed by atoms with van der Waals surface area (Å²) >= 11 is 2.84. The fourth-order valence-electron chi connectivity index (χ4n) is 3.51. The van der Waals surface area contributed by atoms with E-state index < -0.39 is 11.6 Å². The third-order valence-corrected chi connectivity index (χ3v) is 7.24. The number of ketones is 1. The number of carboxylic acids is 1. The highest BCUT2D eigenvalue weighted by Gasteiger charge is 2.32. The molecule has 1 fully saturated rings. The van der Waals surface area contributed by atoms with E-state index in [0.717, 1.165) is 35.8 Å². The van der Waals surface area contributed by atoms with Crippen molar-refractivity contribution in [3.05, 3.63) is 34.9 Å². The van der Waals surface area contributed by atoms with Crippen LogP contribution in [0.15, 0.2) is 33.5 Å². The minimum absolute atomic E-state index is 0.00767. The van der Waals surface area contributed by atoms with Crippen molar-refractivity contribution in [2.75, 3.05) is 5.75 Å². The number of carboxylic acid groups (broad SMARTS) is 1. The van der Waals surface area contributed by atoms with Crippen LogP contribution in [0.5, 0.6) is 0 Å². The number of aromatic nitrogens is 1. The Labute approximate surface area is 181 Å². The molecule has 0 radical (unpaired) electrons. The minimum Gasteiger partial charge on any atom is -0.476 e. The molecule has 29 heavy (non-hydrogen) atoms. The average Bonchev–Trinajstić information content (AvgIpc) is 3.23. The number of carbonyl (C=O) groups is 2. The maximum Gasteiger partial charge on any atom is 0.355 e. The molecule has 2 N–H and O–H groups in total. The van der Waals surface area contributed by atoms with Gasteiger partial charge in [0.1, 0.15) is 5.78 Å². The number of thioether (sulfide) groups is 1. The summed E-state index contributed by atoms with van der Waals surface area (Å²) in [6, 6.07) is 0. The molecule has 0 aromatic carbocycles. The Hall–Kier alpha value is -1.44. The van der Waals surface area contributed by atoms with Crippen LogP contribution in [0.4, 0.5) is 0 Å². The van der Waals surface area contributed by atoms with Crippen LogP contribution >= 0.6 is 23.1 Å². The fourth-order valence-corrected chi connectivity index (χ4v) is 5.40. The molecule has 1 aromatic heterocycles. The quantitative estimate of drug-likeness (QED) is 0.358. The summed E-state index contributed by atoms with van der Waals surface area (Å²) in [4.78, 5) is 27.3. The van der Waals surface area contributed by atoms with E-state index in [0.29, 0.717) is 18.6 Å². The first-order valence-corrected chi connectivity index (χ1v) is 11.9. The van der Waals surface area contributed by atoms with Gasteiger partial charge in [0.2, 0.25) is 0 Å². The van der Waals surface area contributed by atoms with Crippen LogP contribution in [0.25, 0.3) is 0 Å². The van der Waals surface area contributed by atoms with Crippen molar-refractivity contribution in [3.63, 3.8) is 0 Å². The van der Waals surface area contributed by atoms with E-state index in [1.165, 1.54) is 28.7 Å². The summed E-state index contributed by atoms with van der Waals surface area (Å²) in [6.07, 6.45) is 10.7.